The molecule has 2 rings (SSSR count). The van der Waals surface area contributed by atoms with Crippen molar-refractivity contribution in [2.75, 3.05) is 18.0 Å². The first-order chi connectivity index (χ1) is 9.97. The SMILES string of the molecule is CC(CNC(=O)N(CC(=O)O)c1ccc(O)cc1)C1CC1. The average Bonchev–Trinajstić information content (AvgIpc) is 3.27. The lowest BCUT2D eigenvalue weighted by Crippen LogP contribution is -2.44. The Morgan fingerprint density at radius 1 is 1.33 bits per heavy atom. The molecule has 0 aliphatic heterocycles. The van der Waals surface area contributed by atoms with Crippen molar-refractivity contribution in [3.8, 4) is 5.75 Å². The van der Waals surface area contributed by atoms with E-state index in [0.717, 1.165) is 4.90 Å². The minimum Gasteiger partial charge on any atom is -0.508 e. The van der Waals surface area contributed by atoms with Gasteiger partial charge in [-0.05, 0) is 48.9 Å². The highest BCUT2D eigenvalue weighted by Gasteiger charge is 2.28. The lowest BCUT2D eigenvalue weighted by molar-refractivity contribution is -0.135. The second kappa shape index (κ2) is 6.47. The van der Waals surface area contributed by atoms with Crippen molar-refractivity contribution < 1.29 is 19.8 Å². The second-order valence-electron chi connectivity index (χ2n) is 5.50. The number of rotatable bonds is 6. The number of benzene rings is 1. The summed E-state index contributed by atoms with van der Waals surface area (Å²) in [5.41, 5.74) is 0.437. The molecule has 1 aliphatic carbocycles. The molecule has 114 valence electrons. The van der Waals surface area contributed by atoms with Gasteiger partial charge in [-0.25, -0.2) is 4.79 Å². The van der Waals surface area contributed by atoms with Crippen LogP contribution >= 0.6 is 0 Å². The summed E-state index contributed by atoms with van der Waals surface area (Å²) in [7, 11) is 0. The number of hydrogen-bond acceptors (Lipinski definition) is 3. The van der Waals surface area contributed by atoms with E-state index in [-0.39, 0.29) is 5.75 Å². The standard InChI is InChI=1S/C15H20N2O4/c1-10(11-2-3-11)8-16-15(21)17(9-14(19)20)12-4-6-13(18)7-5-12/h4-7,10-11,18H,2-3,8-9H2,1H3,(H,16,21)(H,19,20). The molecule has 1 aromatic carbocycles. The Bertz CT molecular complexity index is 511. The number of nitrogens with zero attached hydrogens (tertiary/aromatic N) is 1. The fourth-order valence-electron chi connectivity index (χ4n) is 2.22. The molecule has 1 saturated carbocycles. The number of phenols is 1. The molecule has 0 radical (unpaired) electrons. The number of carboxylic acids is 1. The van der Waals surface area contributed by atoms with Crippen LogP contribution in [0.3, 0.4) is 0 Å². The maximum Gasteiger partial charge on any atom is 0.323 e. The second-order valence-corrected chi connectivity index (χ2v) is 5.50. The molecule has 21 heavy (non-hydrogen) atoms. The molecule has 0 spiro atoms. The van der Waals surface area contributed by atoms with E-state index in [9.17, 15) is 14.7 Å². The Hall–Kier alpha value is -2.24. The number of hydrogen-bond donors (Lipinski definition) is 3. The lowest BCUT2D eigenvalue weighted by atomic mass is 10.1. The number of nitrogens with one attached hydrogen (secondary N) is 1. The molecule has 1 fully saturated rings. The van der Waals surface area contributed by atoms with Crippen molar-refractivity contribution in [3.05, 3.63) is 24.3 Å². The van der Waals surface area contributed by atoms with Crippen LogP contribution in [0, 0.1) is 11.8 Å². The minimum atomic E-state index is -1.09. The van der Waals surface area contributed by atoms with Gasteiger partial charge in [-0.15, -0.1) is 0 Å². The number of amides is 2. The van der Waals surface area contributed by atoms with E-state index < -0.39 is 18.5 Å². The third-order valence-electron chi connectivity index (χ3n) is 3.70. The number of aliphatic carboxylic acids is 1. The predicted octanol–water partition coefficient (Wildman–Crippen LogP) is 2.04. The summed E-state index contributed by atoms with van der Waals surface area (Å²) in [5, 5.41) is 21.0. The van der Waals surface area contributed by atoms with Crippen LogP contribution in [0.2, 0.25) is 0 Å². The zero-order chi connectivity index (χ0) is 15.4. The van der Waals surface area contributed by atoms with Crippen molar-refractivity contribution in [3.63, 3.8) is 0 Å². The number of phenolic OH excluding ortho intramolecular Hbond substituents is 1. The Kier molecular flexibility index (Phi) is 4.67. The summed E-state index contributed by atoms with van der Waals surface area (Å²) in [4.78, 5) is 24.3. The van der Waals surface area contributed by atoms with E-state index in [1.807, 2.05) is 0 Å². The molecule has 2 amide bonds. The Morgan fingerprint density at radius 2 is 1.95 bits per heavy atom. The molecule has 1 atom stereocenters. The first-order valence-electron chi connectivity index (χ1n) is 7.03. The molecular weight excluding hydrogens is 272 g/mol. The summed E-state index contributed by atoms with van der Waals surface area (Å²) < 4.78 is 0. The van der Waals surface area contributed by atoms with E-state index in [0.29, 0.717) is 24.1 Å². The van der Waals surface area contributed by atoms with Crippen molar-refractivity contribution in [1.29, 1.82) is 0 Å². The molecule has 6 nitrogen and oxygen atoms in total. The highest BCUT2D eigenvalue weighted by Crippen LogP contribution is 2.36. The number of urea groups is 1. The Labute approximate surface area is 123 Å². The van der Waals surface area contributed by atoms with Gasteiger partial charge in [-0.3, -0.25) is 9.69 Å². The van der Waals surface area contributed by atoms with Gasteiger partial charge in [0.05, 0.1) is 0 Å². The zero-order valence-electron chi connectivity index (χ0n) is 12.0. The third-order valence-corrected chi connectivity index (χ3v) is 3.70. The quantitative estimate of drug-likeness (QED) is 0.748. The molecular formula is C15H20N2O4. The largest absolute Gasteiger partial charge is 0.508 e. The number of carboxylic acid groups (broad SMARTS) is 1. The first kappa shape index (κ1) is 15.2. The number of anilines is 1. The molecule has 0 bridgehead atoms. The molecule has 0 saturated heterocycles. The smallest absolute Gasteiger partial charge is 0.323 e. The van der Waals surface area contributed by atoms with Gasteiger partial charge in [-0.2, -0.15) is 0 Å². The van der Waals surface area contributed by atoms with E-state index >= 15 is 0 Å². The zero-order valence-corrected chi connectivity index (χ0v) is 12.0. The van der Waals surface area contributed by atoms with Crippen LogP contribution in [0.5, 0.6) is 5.75 Å². The first-order valence-corrected chi connectivity index (χ1v) is 7.03. The topological polar surface area (TPSA) is 89.9 Å². The summed E-state index contributed by atoms with van der Waals surface area (Å²) >= 11 is 0. The van der Waals surface area contributed by atoms with Crippen LogP contribution < -0.4 is 10.2 Å². The normalized spacial score (nSPS) is 15.3. The predicted molar refractivity (Wildman–Crippen MR) is 78.4 cm³/mol. The fraction of sp³-hybridized carbons (Fsp3) is 0.467. The van der Waals surface area contributed by atoms with E-state index in [2.05, 4.69) is 12.2 Å². The number of carbonyl (C=O) groups excluding carboxylic acids is 1. The molecule has 1 unspecified atom stereocenters. The van der Waals surface area contributed by atoms with E-state index in [1.54, 1.807) is 0 Å². The van der Waals surface area contributed by atoms with Crippen molar-refractivity contribution in [1.82, 2.24) is 5.32 Å². The van der Waals surface area contributed by atoms with Crippen molar-refractivity contribution >= 4 is 17.7 Å². The molecule has 0 aromatic heterocycles. The summed E-state index contributed by atoms with van der Waals surface area (Å²) in [6, 6.07) is 5.44. The van der Waals surface area contributed by atoms with Crippen molar-refractivity contribution in [2.45, 2.75) is 19.8 Å². The van der Waals surface area contributed by atoms with Gasteiger partial charge in [-0.1, -0.05) is 6.92 Å². The number of carbonyl (C=O) groups is 2. The van der Waals surface area contributed by atoms with Gasteiger partial charge in [0.25, 0.3) is 0 Å². The van der Waals surface area contributed by atoms with E-state index in [4.69, 9.17) is 5.11 Å². The van der Waals surface area contributed by atoms with Gasteiger partial charge < -0.3 is 15.5 Å². The molecule has 0 heterocycles. The molecule has 3 N–H and O–H groups in total. The van der Waals surface area contributed by atoms with Gasteiger partial charge in [0.2, 0.25) is 0 Å². The maximum absolute atomic E-state index is 12.2. The van der Waals surface area contributed by atoms with Crippen LogP contribution in [-0.2, 0) is 4.79 Å². The highest BCUT2D eigenvalue weighted by molar-refractivity contribution is 5.96. The van der Waals surface area contributed by atoms with Gasteiger partial charge in [0.15, 0.2) is 0 Å². The van der Waals surface area contributed by atoms with E-state index in [1.165, 1.54) is 37.1 Å². The van der Waals surface area contributed by atoms with Gasteiger partial charge in [0.1, 0.15) is 12.3 Å². The summed E-state index contributed by atoms with van der Waals surface area (Å²) in [5.74, 6) is 0.0533. The van der Waals surface area contributed by atoms with Crippen molar-refractivity contribution in [2.24, 2.45) is 11.8 Å². The molecule has 1 aromatic rings. The summed E-state index contributed by atoms with van der Waals surface area (Å²) in [6.07, 6.45) is 2.40. The van der Waals surface area contributed by atoms with Gasteiger partial charge in [0, 0.05) is 12.2 Å². The average molecular weight is 292 g/mol. The van der Waals surface area contributed by atoms with Gasteiger partial charge >= 0.3 is 12.0 Å². The van der Waals surface area contributed by atoms with Crippen LogP contribution in [0.25, 0.3) is 0 Å². The van der Waals surface area contributed by atoms with Crippen LogP contribution in [0.1, 0.15) is 19.8 Å². The molecule has 1 aliphatic rings. The number of aromatic hydroxyl groups is 1. The minimum absolute atomic E-state index is 0.0665. The third kappa shape index (κ3) is 4.37. The molecule has 6 heteroatoms. The van der Waals surface area contributed by atoms with Crippen LogP contribution in [0.4, 0.5) is 10.5 Å². The fourth-order valence-corrected chi connectivity index (χ4v) is 2.22. The maximum atomic E-state index is 12.2. The Balaban J connectivity index is 2.01. The Morgan fingerprint density at radius 3 is 2.48 bits per heavy atom. The van der Waals surface area contributed by atoms with Crippen LogP contribution in [0.15, 0.2) is 24.3 Å². The monoisotopic (exact) mass is 292 g/mol. The van der Waals surface area contributed by atoms with Crippen LogP contribution in [-0.4, -0.2) is 35.3 Å². The highest BCUT2D eigenvalue weighted by atomic mass is 16.4. The summed E-state index contributed by atoms with van der Waals surface area (Å²) in [6.45, 7) is 2.20. The lowest BCUT2D eigenvalue weighted by Gasteiger charge is -2.22.